The fourth-order valence-corrected chi connectivity index (χ4v) is 5.46. The van der Waals surface area contributed by atoms with Crippen LogP contribution >= 0.6 is 11.6 Å². The maximum absolute atomic E-state index is 15.3. The molecule has 3 fully saturated rings. The Morgan fingerprint density at radius 3 is 2.28 bits per heavy atom. The van der Waals surface area contributed by atoms with Crippen molar-refractivity contribution in [2.75, 3.05) is 32.7 Å². The summed E-state index contributed by atoms with van der Waals surface area (Å²) in [5.41, 5.74) is -1.75. The number of benzene rings is 1. The third kappa shape index (κ3) is 4.13. The minimum atomic E-state index is -4.64. The van der Waals surface area contributed by atoms with E-state index in [2.05, 4.69) is 11.8 Å². The number of carbonyl (C=O) groups is 1. The Hall–Kier alpha value is -1.41. The second kappa shape index (κ2) is 8.42. The maximum Gasteiger partial charge on any atom is 0.403 e. The summed E-state index contributed by atoms with van der Waals surface area (Å²) in [7, 11) is 0. The van der Waals surface area contributed by atoms with E-state index in [1.807, 2.05) is 0 Å². The molecule has 2 saturated heterocycles. The first-order valence-corrected chi connectivity index (χ1v) is 11.6. The smallest absolute Gasteiger partial charge is 0.341 e. The zero-order valence-corrected chi connectivity index (χ0v) is 18.8. The molecule has 1 unspecified atom stereocenters. The number of rotatable bonds is 5. The van der Waals surface area contributed by atoms with Gasteiger partial charge in [0.05, 0.1) is 5.02 Å². The number of likely N-dealkylation sites (tertiary alicyclic amines) is 2. The first-order valence-electron chi connectivity index (χ1n) is 11.3. The molecule has 1 aromatic carbocycles. The van der Waals surface area contributed by atoms with Gasteiger partial charge in [-0.25, -0.2) is 8.78 Å². The summed E-state index contributed by atoms with van der Waals surface area (Å²) < 4.78 is 70.4. The molecule has 2 aliphatic heterocycles. The van der Waals surface area contributed by atoms with Crippen molar-refractivity contribution in [1.29, 1.82) is 0 Å². The molecule has 0 spiro atoms. The fourth-order valence-electron chi connectivity index (χ4n) is 5.14. The van der Waals surface area contributed by atoms with Crippen LogP contribution < -0.4 is 0 Å². The minimum Gasteiger partial charge on any atom is -0.341 e. The Bertz CT molecular complexity index is 862. The van der Waals surface area contributed by atoms with Gasteiger partial charge in [0.15, 0.2) is 0 Å². The molecule has 1 saturated carbocycles. The van der Waals surface area contributed by atoms with Crippen LogP contribution in [0.2, 0.25) is 5.02 Å². The normalized spacial score (nSPS) is 24.7. The molecule has 3 nitrogen and oxygen atoms in total. The van der Waals surface area contributed by atoms with E-state index in [1.165, 1.54) is 6.07 Å². The predicted molar refractivity (Wildman–Crippen MR) is 112 cm³/mol. The van der Waals surface area contributed by atoms with Gasteiger partial charge in [-0.15, -0.1) is 0 Å². The largest absolute Gasteiger partial charge is 0.403 e. The molecule has 0 radical (unpaired) electrons. The molecule has 178 valence electrons. The van der Waals surface area contributed by atoms with Crippen molar-refractivity contribution >= 4 is 17.5 Å². The van der Waals surface area contributed by atoms with Gasteiger partial charge >= 0.3 is 6.18 Å². The van der Waals surface area contributed by atoms with Gasteiger partial charge in [0.25, 0.3) is 5.92 Å². The van der Waals surface area contributed by atoms with E-state index in [1.54, 1.807) is 12.1 Å². The summed E-state index contributed by atoms with van der Waals surface area (Å²) in [5, 5.41) is -0.0239. The van der Waals surface area contributed by atoms with Crippen LogP contribution in [0, 0.1) is 11.3 Å². The highest BCUT2D eigenvalue weighted by Gasteiger charge is 2.69. The molecule has 9 heteroatoms. The molecule has 0 aromatic heterocycles. The monoisotopic (exact) mass is 478 g/mol. The summed E-state index contributed by atoms with van der Waals surface area (Å²) in [6.45, 7) is 4.53. The van der Waals surface area contributed by atoms with Gasteiger partial charge in [-0.05, 0) is 69.3 Å². The van der Waals surface area contributed by atoms with Crippen LogP contribution in [0.4, 0.5) is 22.0 Å². The van der Waals surface area contributed by atoms with E-state index >= 15 is 8.78 Å². The van der Waals surface area contributed by atoms with Gasteiger partial charge in [-0.3, -0.25) is 4.79 Å². The molecular formula is C23H28ClF5N2O. The number of hydrogen-bond donors (Lipinski definition) is 0. The van der Waals surface area contributed by atoms with E-state index in [0.717, 1.165) is 42.9 Å². The Balaban J connectivity index is 1.45. The molecule has 32 heavy (non-hydrogen) atoms. The molecule has 4 rings (SSSR count). The Morgan fingerprint density at radius 1 is 1.09 bits per heavy atom. The topological polar surface area (TPSA) is 23.6 Å². The number of hydrogen-bond acceptors (Lipinski definition) is 2. The molecule has 1 atom stereocenters. The fraction of sp³-hybridized carbons (Fsp3) is 0.696. The summed E-state index contributed by atoms with van der Waals surface area (Å²) in [5.74, 6) is -5.38. The molecular weight excluding hydrogens is 451 g/mol. The highest BCUT2D eigenvalue weighted by Crippen LogP contribution is 2.59. The van der Waals surface area contributed by atoms with Crippen molar-refractivity contribution in [2.45, 2.75) is 57.0 Å². The van der Waals surface area contributed by atoms with Crippen molar-refractivity contribution in [1.82, 2.24) is 9.80 Å². The lowest BCUT2D eigenvalue weighted by atomic mass is 9.87. The standard InChI is InChI=1S/C23H28ClF5N2O/c1-2-30-10-5-15(6-11-30)16-3-4-18(19(24)13-16)22(25,26)17-7-12-31(14-17)20(32)21(8-9-21)23(27,28)29/h3-4,13,15,17H,2,5-12,14H2,1H3. The average Bonchev–Trinajstić information content (AvgIpc) is 3.43. The molecule has 2 heterocycles. The summed E-state index contributed by atoms with van der Waals surface area (Å²) >= 11 is 6.29. The molecule has 3 aliphatic rings. The van der Waals surface area contributed by atoms with Crippen LogP contribution in [-0.4, -0.2) is 54.6 Å². The van der Waals surface area contributed by atoms with Crippen LogP contribution in [0.15, 0.2) is 18.2 Å². The van der Waals surface area contributed by atoms with Crippen molar-refractivity contribution in [2.24, 2.45) is 11.3 Å². The lowest BCUT2D eigenvalue weighted by molar-refractivity contribution is -0.198. The van der Waals surface area contributed by atoms with E-state index in [4.69, 9.17) is 11.6 Å². The maximum atomic E-state index is 15.3. The molecule has 1 aliphatic carbocycles. The Kier molecular flexibility index (Phi) is 6.25. The number of carbonyl (C=O) groups excluding carboxylic acids is 1. The van der Waals surface area contributed by atoms with Gasteiger partial charge in [0, 0.05) is 24.6 Å². The highest BCUT2D eigenvalue weighted by molar-refractivity contribution is 6.31. The van der Waals surface area contributed by atoms with Crippen molar-refractivity contribution in [3.8, 4) is 0 Å². The van der Waals surface area contributed by atoms with Gasteiger partial charge in [0.2, 0.25) is 5.91 Å². The summed E-state index contributed by atoms with van der Waals surface area (Å²) in [6.07, 6.45) is -3.34. The molecule has 0 bridgehead atoms. The Labute approximate surface area is 189 Å². The zero-order valence-electron chi connectivity index (χ0n) is 18.0. The van der Waals surface area contributed by atoms with Gasteiger partial charge in [0.1, 0.15) is 5.41 Å². The predicted octanol–water partition coefficient (Wildman–Crippen LogP) is 5.82. The minimum absolute atomic E-state index is 0.0239. The Morgan fingerprint density at radius 2 is 1.75 bits per heavy atom. The SMILES string of the molecule is CCN1CCC(c2ccc(C(F)(F)C3CCN(C(=O)C4(C(F)(F)F)CC4)C3)c(Cl)c2)CC1. The number of alkyl halides is 5. The van der Waals surface area contributed by atoms with Gasteiger partial charge in [-0.1, -0.05) is 30.7 Å². The van der Waals surface area contributed by atoms with Crippen LogP contribution in [0.5, 0.6) is 0 Å². The first kappa shape index (κ1) is 23.7. The molecule has 1 amide bonds. The summed E-state index contributed by atoms with van der Waals surface area (Å²) in [4.78, 5) is 15.8. The quantitative estimate of drug-likeness (QED) is 0.498. The zero-order chi connectivity index (χ0) is 23.3. The first-order chi connectivity index (χ1) is 15.0. The number of piperidine rings is 1. The third-order valence-corrected chi connectivity index (χ3v) is 7.86. The van der Waals surface area contributed by atoms with E-state index in [9.17, 15) is 18.0 Å². The van der Waals surface area contributed by atoms with Crippen LogP contribution in [0.1, 0.15) is 56.1 Å². The number of halogens is 6. The molecule has 1 aromatic rings. The van der Waals surface area contributed by atoms with Crippen molar-refractivity contribution in [3.63, 3.8) is 0 Å². The number of nitrogens with zero attached hydrogens (tertiary/aromatic N) is 2. The van der Waals surface area contributed by atoms with Crippen LogP contribution in [-0.2, 0) is 10.7 Å². The van der Waals surface area contributed by atoms with Crippen molar-refractivity contribution < 1.29 is 26.7 Å². The molecule has 0 N–H and O–H groups in total. The third-order valence-electron chi connectivity index (χ3n) is 7.55. The van der Waals surface area contributed by atoms with Crippen LogP contribution in [0.3, 0.4) is 0 Å². The lowest BCUT2D eigenvalue weighted by Gasteiger charge is -2.32. The van der Waals surface area contributed by atoms with Gasteiger partial charge < -0.3 is 9.80 Å². The lowest BCUT2D eigenvalue weighted by Crippen LogP contribution is -2.43. The van der Waals surface area contributed by atoms with Crippen molar-refractivity contribution in [3.05, 3.63) is 34.3 Å². The second-order valence-electron chi connectivity index (χ2n) is 9.39. The van der Waals surface area contributed by atoms with E-state index in [-0.39, 0.29) is 42.3 Å². The number of amides is 1. The van der Waals surface area contributed by atoms with E-state index < -0.39 is 35.9 Å². The summed E-state index contributed by atoms with van der Waals surface area (Å²) in [6, 6.07) is 4.66. The highest BCUT2D eigenvalue weighted by atomic mass is 35.5. The van der Waals surface area contributed by atoms with Crippen LogP contribution in [0.25, 0.3) is 0 Å². The second-order valence-corrected chi connectivity index (χ2v) is 9.79. The van der Waals surface area contributed by atoms with E-state index in [0.29, 0.717) is 0 Å². The average molecular weight is 479 g/mol. The van der Waals surface area contributed by atoms with Gasteiger partial charge in [-0.2, -0.15) is 13.2 Å².